The summed E-state index contributed by atoms with van der Waals surface area (Å²) in [5.74, 6) is 0.581. The van der Waals surface area contributed by atoms with Gasteiger partial charge >= 0.3 is 0 Å². The molecule has 0 radical (unpaired) electrons. The molecule has 0 saturated carbocycles. The summed E-state index contributed by atoms with van der Waals surface area (Å²) in [7, 11) is 0. The molecule has 0 amide bonds. The van der Waals surface area contributed by atoms with E-state index in [1.807, 2.05) is 0 Å². The zero-order valence-electron chi connectivity index (χ0n) is 9.53. The zero-order valence-corrected chi connectivity index (χ0v) is 9.53. The highest BCUT2D eigenvalue weighted by molar-refractivity contribution is 5.30. The third-order valence-corrected chi connectivity index (χ3v) is 3.51. The van der Waals surface area contributed by atoms with Gasteiger partial charge in [0.25, 0.3) is 0 Å². The van der Waals surface area contributed by atoms with E-state index >= 15 is 0 Å². The third kappa shape index (κ3) is 2.21. The number of nitrogens with two attached hydrogens (primary N) is 1. The normalized spacial score (nSPS) is 31.5. The van der Waals surface area contributed by atoms with E-state index < -0.39 is 0 Å². The van der Waals surface area contributed by atoms with Crippen LogP contribution >= 0.6 is 0 Å². The minimum Gasteiger partial charge on any atom is -0.326 e. The molecule has 1 aliphatic heterocycles. The summed E-state index contributed by atoms with van der Waals surface area (Å²) in [5.41, 5.74) is 8.93. The molecule has 3 N–H and O–H groups in total. The van der Waals surface area contributed by atoms with Crippen molar-refractivity contribution in [2.75, 3.05) is 6.54 Å². The Kier molecular flexibility index (Phi) is 3.08. The maximum Gasteiger partial charge on any atom is 0.0198 e. The number of piperidine rings is 1. The van der Waals surface area contributed by atoms with E-state index in [-0.39, 0.29) is 6.04 Å². The Labute approximate surface area is 91.9 Å². The first-order valence-corrected chi connectivity index (χ1v) is 5.73. The first-order valence-electron chi connectivity index (χ1n) is 5.73. The number of hydrogen-bond acceptors (Lipinski definition) is 2. The topological polar surface area (TPSA) is 38.0 Å². The van der Waals surface area contributed by atoms with Gasteiger partial charge in [0.2, 0.25) is 0 Å². The molecule has 2 heteroatoms. The molecule has 0 spiro atoms. The molecule has 82 valence electrons. The van der Waals surface area contributed by atoms with Crippen LogP contribution in [-0.4, -0.2) is 18.6 Å². The second-order valence-electron chi connectivity index (χ2n) is 4.65. The molecular weight excluding hydrogens is 184 g/mol. The highest BCUT2D eigenvalue weighted by atomic mass is 15.0. The monoisotopic (exact) mass is 204 g/mol. The van der Waals surface area contributed by atoms with E-state index in [4.69, 9.17) is 5.73 Å². The minimum absolute atomic E-state index is 0.281. The Bertz CT molecular complexity index is 335. The third-order valence-electron chi connectivity index (χ3n) is 3.51. The molecule has 15 heavy (non-hydrogen) atoms. The largest absolute Gasteiger partial charge is 0.326 e. The Morgan fingerprint density at radius 3 is 2.73 bits per heavy atom. The van der Waals surface area contributed by atoms with Gasteiger partial charge in [0, 0.05) is 18.6 Å². The Balaban J connectivity index is 2.15. The minimum atomic E-state index is 0.281. The van der Waals surface area contributed by atoms with E-state index in [0.717, 1.165) is 13.0 Å². The first-order chi connectivity index (χ1) is 7.18. The van der Waals surface area contributed by atoms with Crippen molar-refractivity contribution in [3.63, 3.8) is 0 Å². The summed E-state index contributed by atoms with van der Waals surface area (Å²) in [5, 5.41) is 3.48. The van der Waals surface area contributed by atoms with Crippen LogP contribution in [0.5, 0.6) is 0 Å². The zero-order chi connectivity index (χ0) is 10.8. The van der Waals surface area contributed by atoms with Crippen molar-refractivity contribution in [2.45, 2.75) is 38.3 Å². The molecule has 0 aromatic heterocycles. The van der Waals surface area contributed by atoms with Crippen molar-refractivity contribution in [1.29, 1.82) is 0 Å². The molecule has 0 bridgehead atoms. The second-order valence-corrected chi connectivity index (χ2v) is 4.65. The first kappa shape index (κ1) is 10.7. The lowest BCUT2D eigenvalue weighted by Crippen LogP contribution is -2.50. The molecule has 3 atom stereocenters. The molecule has 1 heterocycles. The highest BCUT2D eigenvalue weighted by Crippen LogP contribution is 2.26. The van der Waals surface area contributed by atoms with Crippen molar-refractivity contribution >= 4 is 0 Å². The average Bonchev–Trinajstić information content (AvgIpc) is 2.23. The van der Waals surface area contributed by atoms with Gasteiger partial charge in [-0.15, -0.1) is 0 Å². The predicted molar refractivity (Wildman–Crippen MR) is 64.0 cm³/mol. The van der Waals surface area contributed by atoms with Crippen molar-refractivity contribution in [1.82, 2.24) is 5.32 Å². The fourth-order valence-corrected chi connectivity index (χ4v) is 2.38. The van der Waals surface area contributed by atoms with Crippen LogP contribution in [0.15, 0.2) is 24.3 Å². The van der Waals surface area contributed by atoms with Crippen LogP contribution in [0.1, 0.15) is 30.4 Å². The lowest BCUT2D eigenvalue weighted by atomic mass is 9.84. The van der Waals surface area contributed by atoms with Gasteiger partial charge in [0.1, 0.15) is 0 Å². The van der Waals surface area contributed by atoms with Crippen molar-refractivity contribution in [3.05, 3.63) is 35.4 Å². The fraction of sp³-hybridized carbons (Fsp3) is 0.538. The number of rotatable bonds is 1. The Morgan fingerprint density at radius 2 is 2.07 bits per heavy atom. The van der Waals surface area contributed by atoms with E-state index in [1.165, 1.54) is 11.1 Å². The van der Waals surface area contributed by atoms with E-state index in [9.17, 15) is 0 Å². The smallest absolute Gasteiger partial charge is 0.0198 e. The van der Waals surface area contributed by atoms with Crippen molar-refractivity contribution in [2.24, 2.45) is 5.73 Å². The summed E-state index contributed by atoms with van der Waals surface area (Å²) in [4.78, 5) is 0. The molecule has 3 unspecified atom stereocenters. The average molecular weight is 204 g/mol. The summed E-state index contributed by atoms with van der Waals surface area (Å²) in [6.07, 6.45) is 1.10. The highest BCUT2D eigenvalue weighted by Gasteiger charge is 2.25. The molecule has 1 saturated heterocycles. The summed E-state index contributed by atoms with van der Waals surface area (Å²) in [6, 6.07) is 9.35. The molecule has 2 nitrogen and oxygen atoms in total. The van der Waals surface area contributed by atoms with Gasteiger partial charge in [-0.3, -0.25) is 0 Å². The molecule has 0 aliphatic carbocycles. The predicted octanol–water partition coefficient (Wildman–Crippen LogP) is 1.79. The SMILES string of the molecule is Cc1ccccc1C1CNC(C)C(N)C1. The Hall–Kier alpha value is -0.860. The molecule has 1 aliphatic rings. The van der Waals surface area contributed by atoms with Gasteiger partial charge in [0.05, 0.1) is 0 Å². The van der Waals surface area contributed by atoms with Crippen LogP contribution in [0, 0.1) is 6.92 Å². The van der Waals surface area contributed by atoms with Gasteiger partial charge < -0.3 is 11.1 Å². The van der Waals surface area contributed by atoms with Crippen LogP contribution in [0.25, 0.3) is 0 Å². The van der Waals surface area contributed by atoms with Gasteiger partial charge in [-0.1, -0.05) is 24.3 Å². The van der Waals surface area contributed by atoms with Crippen molar-refractivity contribution in [3.8, 4) is 0 Å². The van der Waals surface area contributed by atoms with Gasteiger partial charge in [0.15, 0.2) is 0 Å². The fourth-order valence-electron chi connectivity index (χ4n) is 2.38. The van der Waals surface area contributed by atoms with Gasteiger partial charge in [-0.25, -0.2) is 0 Å². The number of nitrogens with one attached hydrogen (secondary N) is 1. The van der Waals surface area contributed by atoms with Gasteiger partial charge in [-0.2, -0.15) is 0 Å². The lowest BCUT2D eigenvalue weighted by molar-refractivity contribution is 0.337. The van der Waals surface area contributed by atoms with E-state index in [0.29, 0.717) is 12.0 Å². The van der Waals surface area contributed by atoms with Crippen LogP contribution in [0.2, 0.25) is 0 Å². The number of aryl methyl sites for hydroxylation is 1. The van der Waals surface area contributed by atoms with Crippen LogP contribution in [0.3, 0.4) is 0 Å². The quantitative estimate of drug-likeness (QED) is 0.732. The van der Waals surface area contributed by atoms with E-state index in [1.54, 1.807) is 0 Å². The van der Waals surface area contributed by atoms with Crippen LogP contribution < -0.4 is 11.1 Å². The second kappa shape index (κ2) is 4.33. The van der Waals surface area contributed by atoms with Crippen LogP contribution in [-0.2, 0) is 0 Å². The molecule has 2 rings (SSSR count). The van der Waals surface area contributed by atoms with Crippen LogP contribution in [0.4, 0.5) is 0 Å². The summed E-state index contributed by atoms with van der Waals surface area (Å²) < 4.78 is 0. The molecule has 1 aromatic carbocycles. The molecular formula is C13H20N2. The summed E-state index contributed by atoms with van der Waals surface area (Å²) >= 11 is 0. The maximum absolute atomic E-state index is 6.09. The molecule has 1 aromatic rings. The maximum atomic E-state index is 6.09. The molecule has 1 fully saturated rings. The van der Waals surface area contributed by atoms with Gasteiger partial charge in [-0.05, 0) is 37.3 Å². The van der Waals surface area contributed by atoms with Crippen molar-refractivity contribution < 1.29 is 0 Å². The number of benzene rings is 1. The summed E-state index contributed by atoms with van der Waals surface area (Å²) in [6.45, 7) is 5.40. The Morgan fingerprint density at radius 1 is 1.33 bits per heavy atom. The van der Waals surface area contributed by atoms with E-state index in [2.05, 4.69) is 43.4 Å². The lowest BCUT2D eigenvalue weighted by Gasteiger charge is -2.33. The number of hydrogen-bond donors (Lipinski definition) is 2. The standard InChI is InChI=1S/C13H20N2/c1-9-5-3-4-6-12(9)11-7-13(14)10(2)15-8-11/h3-6,10-11,13,15H,7-8,14H2,1-2H3.